The Morgan fingerprint density at radius 3 is 2.74 bits per heavy atom. The smallest absolute Gasteiger partial charge is 0.317 e. The molecule has 1 N–H and O–H groups in total. The van der Waals surface area contributed by atoms with E-state index in [1.165, 1.54) is 11.1 Å². The number of nitrogens with zero attached hydrogens (tertiary/aromatic N) is 1. The highest BCUT2D eigenvalue weighted by atomic mass is 16.5. The Balaban J connectivity index is 1.59. The quantitative estimate of drug-likeness (QED) is 0.838. The summed E-state index contributed by atoms with van der Waals surface area (Å²) in [6, 6.07) is 8.72. The monoisotopic (exact) mass is 260 g/mol. The fourth-order valence-electron chi connectivity index (χ4n) is 2.78. The molecule has 2 amide bonds. The number of fused-ring (bicyclic) bond motifs is 1. The molecule has 0 aromatic heterocycles. The van der Waals surface area contributed by atoms with Crippen LogP contribution in [0.1, 0.15) is 24.0 Å². The molecule has 1 aromatic carbocycles. The number of nitrogens with one attached hydrogen (secondary N) is 1. The van der Waals surface area contributed by atoms with E-state index in [-0.39, 0.29) is 12.1 Å². The number of hydrogen-bond acceptors (Lipinski definition) is 2. The number of rotatable bonds is 1. The zero-order valence-corrected chi connectivity index (χ0v) is 11.1. The summed E-state index contributed by atoms with van der Waals surface area (Å²) in [6.07, 6.45) is 2.81. The first-order valence-corrected chi connectivity index (χ1v) is 7.03. The van der Waals surface area contributed by atoms with Crippen molar-refractivity contribution in [3.8, 4) is 0 Å². The van der Waals surface area contributed by atoms with Gasteiger partial charge >= 0.3 is 6.03 Å². The summed E-state index contributed by atoms with van der Waals surface area (Å²) in [7, 11) is 0. The Morgan fingerprint density at radius 1 is 1.21 bits per heavy atom. The highest BCUT2D eigenvalue weighted by molar-refractivity contribution is 5.75. The molecule has 0 aliphatic carbocycles. The fraction of sp³-hybridized carbons (Fsp3) is 0.533. The summed E-state index contributed by atoms with van der Waals surface area (Å²) in [5, 5.41) is 3.13. The molecule has 0 saturated carbocycles. The van der Waals surface area contributed by atoms with Crippen LogP contribution < -0.4 is 5.32 Å². The van der Waals surface area contributed by atoms with Gasteiger partial charge in [0.25, 0.3) is 0 Å². The van der Waals surface area contributed by atoms with Gasteiger partial charge in [-0.15, -0.1) is 0 Å². The number of urea groups is 1. The van der Waals surface area contributed by atoms with E-state index in [1.54, 1.807) is 0 Å². The maximum Gasteiger partial charge on any atom is 0.317 e. The zero-order valence-electron chi connectivity index (χ0n) is 11.1. The molecule has 4 nitrogen and oxygen atoms in total. The van der Waals surface area contributed by atoms with Crippen LogP contribution >= 0.6 is 0 Å². The summed E-state index contributed by atoms with van der Waals surface area (Å²) in [5.74, 6) is 0. The van der Waals surface area contributed by atoms with Crippen molar-refractivity contribution in [1.29, 1.82) is 0 Å². The third-order valence-electron chi connectivity index (χ3n) is 3.97. The second-order valence-electron chi connectivity index (χ2n) is 5.28. The number of amides is 2. The molecule has 0 radical (unpaired) electrons. The van der Waals surface area contributed by atoms with Gasteiger partial charge in [0.05, 0.1) is 0 Å². The largest absolute Gasteiger partial charge is 0.381 e. The van der Waals surface area contributed by atoms with Crippen molar-refractivity contribution in [2.75, 3.05) is 19.8 Å². The number of ether oxygens (including phenoxy) is 1. The van der Waals surface area contributed by atoms with Crippen molar-refractivity contribution in [1.82, 2.24) is 10.2 Å². The second kappa shape index (κ2) is 5.61. The molecule has 4 heteroatoms. The molecule has 0 bridgehead atoms. The number of benzene rings is 1. The van der Waals surface area contributed by atoms with E-state index in [0.717, 1.165) is 45.6 Å². The Labute approximate surface area is 113 Å². The molecule has 102 valence electrons. The molecule has 2 aliphatic heterocycles. The van der Waals surface area contributed by atoms with Gasteiger partial charge in [-0.05, 0) is 30.4 Å². The number of carbonyl (C=O) groups is 1. The normalized spacial score (nSPS) is 19.9. The lowest BCUT2D eigenvalue weighted by atomic mass is 10.0. The third kappa shape index (κ3) is 2.89. The first kappa shape index (κ1) is 12.5. The van der Waals surface area contributed by atoms with Gasteiger partial charge in [-0.25, -0.2) is 4.79 Å². The molecule has 1 aromatic rings. The molecular formula is C15H20N2O2. The van der Waals surface area contributed by atoms with Crippen molar-refractivity contribution in [3.05, 3.63) is 35.4 Å². The minimum atomic E-state index is 0.0707. The molecule has 2 heterocycles. The summed E-state index contributed by atoms with van der Waals surface area (Å²) < 4.78 is 5.31. The van der Waals surface area contributed by atoms with Crippen molar-refractivity contribution >= 4 is 6.03 Å². The minimum Gasteiger partial charge on any atom is -0.381 e. The lowest BCUT2D eigenvalue weighted by Gasteiger charge is -2.31. The van der Waals surface area contributed by atoms with Gasteiger partial charge in [0.1, 0.15) is 0 Å². The lowest BCUT2D eigenvalue weighted by Crippen LogP contribution is -2.48. The average Bonchev–Trinajstić information content (AvgIpc) is 2.48. The van der Waals surface area contributed by atoms with Crippen LogP contribution in [-0.2, 0) is 17.7 Å². The van der Waals surface area contributed by atoms with Gasteiger partial charge < -0.3 is 15.0 Å². The van der Waals surface area contributed by atoms with Gasteiger partial charge in [0.2, 0.25) is 0 Å². The Morgan fingerprint density at radius 2 is 1.95 bits per heavy atom. The highest BCUT2D eigenvalue weighted by Gasteiger charge is 2.23. The molecule has 0 spiro atoms. The summed E-state index contributed by atoms with van der Waals surface area (Å²) in [5.41, 5.74) is 2.65. The van der Waals surface area contributed by atoms with E-state index in [0.29, 0.717) is 0 Å². The fourth-order valence-corrected chi connectivity index (χ4v) is 2.78. The molecule has 3 rings (SSSR count). The summed E-state index contributed by atoms with van der Waals surface area (Å²) >= 11 is 0. The van der Waals surface area contributed by atoms with Gasteiger partial charge in [-0.2, -0.15) is 0 Å². The van der Waals surface area contributed by atoms with E-state index in [2.05, 4.69) is 23.5 Å². The Hall–Kier alpha value is -1.55. The minimum absolute atomic E-state index is 0.0707. The maximum atomic E-state index is 12.3. The predicted octanol–water partition coefficient (Wildman–Crippen LogP) is 1.93. The first-order valence-electron chi connectivity index (χ1n) is 7.03. The zero-order chi connectivity index (χ0) is 13.1. The van der Waals surface area contributed by atoms with Gasteiger partial charge in [0, 0.05) is 32.3 Å². The second-order valence-corrected chi connectivity index (χ2v) is 5.28. The van der Waals surface area contributed by atoms with Crippen molar-refractivity contribution < 1.29 is 9.53 Å². The average molecular weight is 260 g/mol. The van der Waals surface area contributed by atoms with Crippen LogP contribution in [0, 0.1) is 0 Å². The summed E-state index contributed by atoms with van der Waals surface area (Å²) in [4.78, 5) is 14.2. The van der Waals surface area contributed by atoms with Crippen LogP contribution in [0.3, 0.4) is 0 Å². The van der Waals surface area contributed by atoms with Crippen LogP contribution in [0.2, 0.25) is 0 Å². The van der Waals surface area contributed by atoms with Crippen LogP contribution in [0.25, 0.3) is 0 Å². The molecule has 0 atom stereocenters. The maximum absolute atomic E-state index is 12.3. The molecule has 1 saturated heterocycles. The van der Waals surface area contributed by atoms with Gasteiger partial charge in [-0.3, -0.25) is 0 Å². The van der Waals surface area contributed by atoms with Crippen molar-refractivity contribution in [2.45, 2.75) is 31.8 Å². The van der Waals surface area contributed by atoms with Crippen LogP contribution in [0.5, 0.6) is 0 Å². The Kier molecular flexibility index (Phi) is 3.69. The Bertz CT molecular complexity index is 455. The standard InChI is InChI=1S/C15H20N2O2/c18-15(16-14-6-9-19-10-7-14)17-8-5-12-3-1-2-4-13(12)11-17/h1-4,14H,5-11H2,(H,16,18). The lowest BCUT2D eigenvalue weighted by molar-refractivity contribution is 0.0778. The molecule has 0 unspecified atom stereocenters. The molecular weight excluding hydrogens is 240 g/mol. The molecule has 1 fully saturated rings. The van der Waals surface area contributed by atoms with E-state index in [9.17, 15) is 4.79 Å². The van der Waals surface area contributed by atoms with Crippen LogP contribution in [0.15, 0.2) is 24.3 Å². The summed E-state index contributed by atoms with van der Waals surface area (Å²) in [6.45, 7) is 3.05. The topological polar surface area (TPSA) is 41.6 Å². The van der Waals surface area contributed by atoms with E-state index in [1.807, 2.05) is 11.0 Å². The predicted molar refractivity (Wildman–Crippen MR) is 72.9 cm³/mol. The van der Waals surface area contributed by atoms with E-state index in [4.69, 9.17) is 4.74 Å². The number of carbonyl (C=O) groups excluding carboxylic acids is 1. The van der Waals surface area contributed by atoms with Crippen molar-refractivity contribution in [2.24, 2.45) is 0 Å². The van der Waals surface area contributed by atoms with E-state index < -0.39 is 0 Å². The van der Waals surface area contributed by atoms with Crippen LogP contribution in [-0.4, -0.2) is 36.7 Å². The van der Waals surface area contributed by atoms with Crippen molar-refractivity contribution in [3.63, 3.8) is 0 Å². The molecule has 19 heavy (non-hydrogen) atoms. The van der Waals surface area contributed by atoms with E-state index >= 15 is 0 Å². The first-order chi connectivity index (χ1) is 9.33. The third-order valence-corrected chi connectivity index (χ3v) is 3.97. The number of hydrogen-bond donors (Lipinski definition) is 1. The van der Waals surface area contributed by atoms with Gasteiger partial charge in [-0.1, -0.05) is 24.3 Å². The highest BCUT2D eigenvalue weighted by Crippen LogP contribution is 2.18. The molecule has 2 aliphatic rings. The SMILES string of the molecule is O=C(NC1CCOCC1)N1CCc2ccccc2C1. The van der Waals surface area contributed by atoms with Gasteiger partial charge in [0.15, 0.2) is 0 Å². The van der Waals surface area contributed by atoms with Crippen LogP contribution in [0.4, 0.5) is 4.79 Å².